The molecule has 0 unspecified atom stereocenters. The lowest BCUT2D eigenvalue weighted by molar-refractivity contribution is 0.336. The Morgan fingerprint density at radius 2 is 2.35 bits per heavy atom. The highest BCUT2D eigenvalue weighted by Crippen LogP contribution is 2.18. The molecule has 0 fully saturated rings. The van der Waals surface area contributed by atoms with Crippen molar-refractivity contribution in [2.24, 2.45) is 5.73 Å². The lowest BCUT2D eigenvalue weighted by Gasteiger charge is -2.07. The Balaban J connectivity index is 2.41. The molecule has 6 nitrogen and oxygen atoms in total. The highest BCUT2D eigenvalue weighted by molar-refractivity contribution is 7.80. The minimum atomic E-state index is 0.151. The van der Waals surface area contributed by atoms with E-state index in [0.29, 0.717) is 24.0 Å². The van der Waals surface area contributed by atoms with Crippen molar-refractivity contribution in [3.8, 4) is 11.6 Å². The van der Waals surface area contributed by atoms with Crippen molar-refractivity contribution in [2.45, 2.75) is 6.92 Å². The molecule has 2 rings (SSSR count). The second-order valence-corrected chi connectivity index (χ2v) is 3.57. The third-order valence-corrected chi connectivity index (χ3v) is 2.16. The second kappa shape index (κ2) is 4.88. The topological polar surface area (TPSA) is 78.8 Å². The number of hydrogen-bond acceptors (Lipinski definition) is 5. The Morgan fingerprint density at radius 1 is 1.53 bits per heavy atom. The molecular weight excluding hydrogens is 238 g/mol. The fraction of sp³-hybridized carbons (Fsp3) is 0.200. The molecule has 0 aliphatic heterocycles. The van der Waals surface area contributed by atoms with Crippen LogP contribution in [0, 0.1) is 0 Å². The normalized spacial score (nSPS) is 10.2. The number of aromatic nitrogens is 4. The van der Waals surface area contributed by atoms with Gasteiger partial charge in [0, 0.05) is 6.20 Å². The summed E-state index contributed by atoms with van der Waals surface area (Å²) in [6.07, 6.45) is 3.15. The number of rotatable bonds is 4. The third kappa shape index (κ3) is 2.39. The van der Waals surface area contributed by atoms with Gasteiger partial charge in [-0.3, -0.25) is 0 Å². The quantitative estimate of drug-likeness (QED) is 0.803. The van der Waals surface area contributed by atoms with Crippen molar-refractivity contribution in [2.75, 3.05) is 6.61 Å². The standard InChI is InChI=1S/C10H11N5OS/c1-2-16-7-4-3-5-12-10(7)15-6-13-9(14-15)8(11)17/h3-6H,2H2,1H3,(H2,11,17). The van der Waals surface area contributed by atoms with Gasteiger partial charge in [-0.1, -0.05) is 12.2 Å². The van der Waals surface area contributed by atoms with E-state index in [2.05, 4.69) is 15.1 Å². The summed E-state index contributed by atoms with van der Waals surface area (Å²) in [7, 11) is 0. The summed E-state index contributed by atoms with van der Waals surface area (Å²) in [5.41, 5.74) is 5.44. The lowest BCUT2D eigenvalue weighted by Crippen LogP contribution is -2.12. The Hall–Kier alpha value is -2.02. The molecule has 2 aromatic rings. The second-order valence-electron chi connectivity index (χ2n) is 3.14. The monoisotopic (exact) mass is 249 g/mol. The number of nitrogens with two attached hydrogens (primary N) is 1. The summed E-state index contributed by atoms with van der Waals surface area (Å²) in [6, 6.07) is 3.61. The molecule has 0 amide bonds. The summed E-state index contributed by atoms with van der Waals surface area (Å²) >= 11 is 4.80. The van der Waals surface area contributed by atoms with Crippen LogP contribution < -0.4 is 10.5 Å². The van der Waals surface area contributed by atoms with Crippen LogP contribution in [-0.2, 0) is 0 Å². The molecule has 0 saturated carbocycles. The minimum absolute atomic E-state index is 0.151. The van der Waals surface area contributed by atoms with Gasteiger partial charge in [-0.25, -0.2) is 9.97 Å². The van der Waals surface area contributed by atoms with Gasteiger partial charge in [-0.05, 0) is 19.1 Å². The summed E-state index contributed by atoms with van der Waals surface area (Å²) in [6.45, 7) is 2.45. The highest BCUT2D eigenvalue weighted by atomic mass is 32.1. The summed E-state index contributed by atoms with van der Waals surface area (Å²) < 4.78 is 6.93. The van der Waals surface area contributed by atoms with Gasteiger partial charge in [0.05, 0.1) is 6.61 Å². The number of ether oxygens (including phenoxy) is 1. The third-order valence-electron chi connectivity index (χ3n) is 1.98. The average molecular weight is 249 g/mol. The molecular formula is C10H11N5OS. The average Bonchev–Trinajstić information content (AvgIpc) is 2.79. The maximum Gasteiger partial charge on any atom is 0.208 e. The van der Waals surface area contributed by atoms with E-state index in [-0.39, 0.29) is 4.99 Å². The molecule has 2 N–H and O–H groups in total. The molecule has 2 heterocycles. The zero-order chi connectivity index (χ0) is 12.3. The van der Waals surface area contributed by atoms with Crippen LogP contribution in [0.2, 0.25) is 0 Å². The number of hydrogen-bond donors (Lipinski definition) is 1. The molecule has 0 saturated heterocycles. The van der Waals surface area contributed by atoms with E-state index < -0.39 is 0 Å². The van der Waals surface area contributed by atoms with E-state index in [1.54, 1.807) is 12.3 Å². The zero-order valence-electron chi connectivity index (χ0n) is 9.20. The summed E-state index contributed by atoms with van der Waals surface area (Å²) in [5.74, 6) is 1.51. The first-order chi connectivity index (χ1) is 8.22. The minimum Gasteiger partial charge on any atom is -0.490 e. The number of nitrogens with zero attached hydrogens (tertiary/aromatic N) is 4. The van der Waals surface area contributed by atoms with E-state index in [4.69, 9.17) is 22.7 Å². The Kier molecular flexibility index (Phi) is 3.29. The molecule has 0 aliphatic carbocycles. The maximum atomic E-state index is 5.45. The molecule has 0 aromatic carbocycles. The van der Waals surface area contributed by atoms with Gasteiger partial charge in [0.25, 0.3) is 0 Å². The molecule has 0 atom stereocenters. The van der Waals surface area contributed by atoms with Gasteiger partial charge < -0.3 is 10.5 Å². The first kappa shape index (κ1) is 11.5. The molecule has 0 radical (unpaired) electrons. The largest absolute Gasteiger partial charge is 0.490 e. The lowest BCUT2D eigenvalue weighted by atomic mass is 10.4. The van der Waals surface area contributed by atoms with Crippen molar-refractivity contribution >= 4 is 17.2 Å². The van der Waals surface area contributed by atoms with Crippen LogP contribution in [0.15, 0.2) is 24.7 Å². The van der Waals surface area contributed by atoms with Gasteiger partial charge in [0.1, 0.15) is 11.3 Å². The molecule has 0 aliphatic rings. The van der Waals surface area contributed by atoms with Crippen LogP contribution in [0.1, 0.15) is 12.7 Å². The fourth-order valence-electron chi connectivity index (χ4n) is 1.30. The van der Waals surface area contributed by atoms with Gasteiger partial charge in [0.2, 0.25) is 5.82 Å². The van der Waals surface area contributed by atoms with Crippen LogP contribution >= 0.6 is 12.2 Å². The molecule has 17 heavy (non-hydrogen) atoms. The number of pyridine rings is 1. The smallest absolute Gasteiger partial charge is 0.208 e. The van der Waals surface area contributed by atoms with Crippen molar-refractivity contribution in [3.63, 3.8) is 0 Å². The van der Waals surface area contributed by atoms with Crippen LogP contribution in [0.25, 0.3) is 5.82 Å². The SMILES string of the molecule is CCOc1cccnc1-n1cnc(C(N)=S)n1. The van der Waals surface area contributed by atoms with Crippen LogP contribution in [0.3, 0.4) is 0 Å². The van der Waals surface area contributed by atoms with Crippen LogP contribution in [0.5, 0.6) is 5.75 Å². The predicted molar refractivity (Wildman–Crippen MR) is 66.2 cm³/mol. The van der Waals surface area contributed by atoms with Crippen molar-refractivity contribution < 1.29 is 4.74 Å². The molecule has 7 heteroatoms. The highest BCUT2D eigenvalue weighted by Gasteiger charge is 2.10. The van der Waals surface area contributed by atoms with E-state index in [0.717, 1.165) is 0 Å². The Labute approximate surface area is 103 Å². The Bertz CT molecular complexity index is 539. The fourth-order valence-corrected chi connectivity index (χ4v) is 1.39. The van der Waals surface area contributed by atoms with Crippen molar-refractivity contribution in [1.29, 1.82) is 0 Å². The number of thiocarbonyl (C=S) groups is 1. The molecule has 2 aromatic heterocycles. The Morgan fingerprint density at radius 3 is 3.00 bits per heavy atom. The molecule has 88 valence electrons. The van der Waals surface area contributed by atoms with Gasteiger partial charge >= 0.3 is 0 Å². The maximum absolute atomic E-state index is 5.45. The summed E-state index contributed by atoms with van der Waals surface area (Å²) in [5, 5.41) is 4.12. The van der Waals surface area contributed by atoms with E-state index in [1.807, 2.05) is 13.0 Å². The summed E-state index contributed by atoms with van der Waals surface area (Å²) in [4.78, 5) is 8.33. The zero-order valence-corrected chi connectivity index (χ0v) is 10.0. The van der Waals surface area contributed by atoms with Crippen molar-refractivity contribution in [3.05, 3.63) is 30.5 Å². The molecule has 0 spiro atoms. The first-order valence-corrected chi connectivity index (χ1v) is 5.43. The van der Waals surface area contributed by atoms with Crippen LogP contribution in [0.4, 0.5) is 0 Å². The van der Waals surface area contributed by atoms with Crippen molar-refractivity contribution in [1.82, 2.24) is 19.7 Å². The van der Waals surface area contributed by atoms with Gasteiger partial charge in [-0.15, -0.1) is 5.10 Å². The van der Waals surface area contributed by atoms with Gasteiger partial charge in [-0.2, -0.15) is 4.68 Å². The first-order valence-electron chi connectivity index (χ1n) is 5.02. The van der Waals surface area contributed by atoms with Gasteiger partial charge in [0.15, 0.2) is 11.6 Å². The van der Waals surface area contributed by atoms with E-state index >= 15 is 0 Å². The predicted octanol–water partition coefficient (Wildman–Crippen LogP) is 0.695. The van der Waals surface area contributed by atoms with E-state index in [9.17, 15) is 0 Å². The van der Waals surface area contributed by atoms with E-state index in [1.165, 1.54) is 11.0 Å². The molecule has 0 bridgehead atoms. The van der Waals surface area contributed by atoms with Crippen LogP contribution in [-0.4, -0.2) is 31.3 Å².